The molecule has 0 radical (unpaired) electrons. The van der Waals surface area contributed by atoms with Gasteiger partial charge in [-0.3, -0.25) is 9.69 Å². The van der Waals surface area contributed by atoms with Crippen LogP contribution in [0.4, 0.5) is 0 Å². The van der Waals surface area contributed by atoms with Crippen LogP contribution < -0.4 is 11.1 Å². The van der Waals surface area contributed by atoms with Gasteiger partial charge in [0.25, 0.3) is 0 Å². The summed E-state index contributed by atoms with van der Waals surface area (Å²) in [6.07, 6.45) is 7.18. The molecule has 0 aromatic heterocycles. The van der Waals surface area contributed by atoms with Crippen LogP contribution in [0.2, 0.25) is 0 Å². The number of nitrogens with one attached hydrogen (secondary N) is 1. The second-order valence-corrected chi connectivity index (χ2v) is 6.25. The molecular formula is C14H25N3O. The zero-order chi connectivity index (χ0) is 12.5. The van der Waals surface area contributed by atoms with E-state index in [9.17, 15) is 4.79 Å². The van der Waals surface area contributed by atoms with E-state index < -0.39 is 0 Å². The van der Waals surface area contributed by atoms with Crippen LogP contribution in [-0.4, -0.2) is 42.5 Å². The van der Waals surface area contributed by atoms with Crippen molar-refractivity contribution in [2.24, 2.45) is 17.6 Å². The minimum Gasteiger partial charge on any atom is -0.352 e. The molecule has 1 amide bonds. The third-order valence-electron chi connectivity index (χ3n) is 4.93. The molecule has 1 saturated heterocycles. The number of carbonyl (C=O) groups excluding carboxylic acids is 1. The molecule has 3 aliphatic rings. The standard InChI is InChI=1S/C14H25N3O/c15-8-10-2-1-3-13(10)14(18)16-11-6-7-17(9-11)12-4-5-12/h10-13H,1-9,15H2,(H,16,18). The van der Waals surface area contributed by atoms with Crippen LogP contribution in [0.3, 0.4) is 0 Å². The lowest BCUT2D eigenvalue weighted by atomic mass is 9.95. The molecule has 0 aromatic rings. The molecule has 18 heavy (non-hydrogen) atoms. The Bertz CT molecular complexity index is 316. The van der Waals surface area contributed by atoms with Gasteiger partial charge in [0.15, 0.2) is 0 Å². The average Bonchev–Trinajstić information content (AvgIpc) is 2.93. The van der Waals surface area contributed by atoms with Gasteiger partial charge in [0.2, 0.25) is 5.91 Å². The molecule has 3 N–H and O–H groups in total. The normalized spacial score (nSPS) is 37.1. The Labute approximate surface area is 109 Å². The van der Waals surface area contributed by atoms with Crippen LogP contribution in [0.15, 0.2) is 0 Å². The van der Waals surface area contributed by atoms with Crippen molar-refractivity contribution in [3.05, 3.63) is 0 Å². The highest BCUT2D eigenvalue weighted by molar-refractivity contribution is 5.79. The molecule has 102 valence electrons. The first-order chi connectivity index (χ1) is 8.78. The summed E-state index contributed by atoms with van der Waals surface area (Å²) >= 11 is 0. The summed E-state index contributed by atoms with van der Waals surface area (Å²) in [5.41, 5.74) is 5.75. The summed E-state index contributed by atoms with van der Waals surface area (Å²) in [6, 6.07) is 1.22. The van der Waals surface area contributed by atoms with Crippen molar-refractivity contribution >= 4 is 5.91 Å². The lowest BCUT2D eigenvalue weighted by molar-refractivity contribution is -0.126. The minimum absolute atomic E-state index is 0.185. The van der Waals surface area contributed by atoms with Crippen molar-refractivity contribution in [2.75, 3.05) is 19.6 Å². The van der Waals surface area contributed by atoms with E-state index >= 15 is 0 Å². The van der Waals surface area contributed by atoms with Gasteiger partial charge in [-0.2, -0.15) is 0 Å². The molecule has 3 rings (SSSR count). The van der Waals surface area contributed by atoms with Gasteiger partial charge < -0.3 is 11.1 Å². The van der Waals surface area contributed by atoms with E-state index in [2.05, 4.69) is 10.2 Å². The van der Waals surface area contributed by atoms with Crippen molar-refractivity contribution < 1.29 is 4.79 Å². The van der Waals surface area contributed by atoms with E-state index in [0.717, 1.165) is 31.8 Å². The number of hydrogen-bond acceptors (Lipinski definition) is 3. The molecule has 3 fully saturated rings. The van der Waals surface area contributed by atoms with Gasteiger partial charge in [-0.05, 0) is 44.6 Å². The molecular weight excluding hydrogens is 226 g/mol. The second-order valence-electron chi connectivity index (χ2n) is 6.25. The number of hydrogen-bond donors (Lipinski definition) is 2. The molecule has 0 bridgehead atoms. The van der Waals surface area contributed by atoms with Gasteiger partial charge in [0.05, 0.1) is 0 Å². The second kappa shape index (κ2) is 5.17. The minimum atomic E-state index is 0.185. The smallest absolute Gasteiger partial charge is 0.223 e. The summed E-state index contributed by atoms with van der Waals surface area (Å²) in [5.74, 6) is 0.876. The quantitative estimate of drug-likeness (QED) is 0.774. The number of likely N-dealkylation sites (tertiary alicyclic amines) is 1. The third kappa shape index (κ3) is 2.54. The summed E-state index contributed by atoms with van der Waals surface area (Å²) in [4.78, 5) is 14.8. The fourth-order valence-corrected chi connectivity index (χ4v) is 3.65. The van der Waals surface area contributed by atoms with E-state index in [4.69, 9.17) is 5.73 Å². The van der Waals surface area contributed by atoms with Crippen LogP contribution in [0, 0.1) is 11.8 Å². The number of nitrogens with zero attached hydrogens (tertiary/aromatic N) is 1. The lowest BCUT2D eigenvalue weighted by Crippen LogP contribution is -2.42. The van der Waals surface area contributed by atoms with Crippen molar-refractivity contribution in [1.82, 2.24) is 10.2 Å². The first-order valence-corrected chi connectivity index (χ1v) is 7.52. The van der Waals surface area contributed by atoms with Crippen molar-refractivity contribution in [2.45, 2.75) is 50.6 Å². The molecule has 0 spiro atoms. The number of amides is 1. The van der Waals surface area contributed by atoms with E-state index in [1.54, 1.807) is 0 Å². The molecule has 2 aliphatic carbocycles. The molecule has 3 atom stereocenters. The Balaban J connectivity index is 1.48. The first-order valence-electron chi connectivity index (χ1n) is 7.52. The van der Waals surface area contributed by atoms with Crippen LogP contribution in [0.25, 0.3) is 0 Å². The van der Waals surface area contributed by atoms with Gasteiger partial charge >= 0.3 is 0 Å². The van der Waals surface area contributed by atoms with Crippen LogP contribution in [-0.2, 0) is 4.79 Å². The first kappa shape index (κ1) is 12.4. The number of rotatable bonds is 4. The van der Waals surface area contributed by atoms with E-state index in [-0.39, 0.29) is 11.8 Å². The molecule has 1 aliphatic heterocycles. The van der Waals surface area contributed by atoms with Gasteiger partial charge in [0.1, 0.15) is 0 Å². The molecule has 0 aromatic carbocycles. The molecule has 2 saturated carbocycles. The number of carbonyl (C=O) groups is 1. The Morgan fingerprint density at radius 1 is 1.22 bits per heavy atom. The molecule has 4 nitrogen and oxygen atoms in total. The highest BCUT2D eigenvalue weighted by Crippen LogP contribution is 2.32. The predicted octanol–water partition coefficient (Wildman–Crippen LogP) is 0.714. The topological polar surface area (TPSA) is 58.4 Å². The largest absolute Gasteiger partial charge is 0.352 e. The third-order valence-corrected chi connectivity index (χ3v) is 4.93. The average molecular weight is 251 g/mol. The van der Waals surface area contributed by atoms with Crippen LogP contribution >= 0.6 is 0 Å². The van der Waals surface area contributed by atoms with Crippen molar-refractivity contribution in [3.63, 3.8) is 0 Å². The highest BCUT2D eigenvalue weighted by atomic mass is 16.2. The van der Waals surface area contributed by atoms with Gasteiger partial charge in [-0.1, -0.05) is 6.42 Å². The van der Waals surface area contributed by atoms with Gasteiger partial charge in [-0.25, -0.2) is 0 Å². The van der Waals surface area contributed by atoms with Gasteiger partial charge in [0, 0.05) is 31.1 Å². The summed E-state index contributed by atoms with van der Waals surface area (Å²) in [5, 5.41) is 3.26. The fraction of sp³-hybridized carbons (Fsp3) is 0.929. The molecule has 4 heteroatoms. The van der Waals surface area contributed by atoms with Crippen molar-refractivity contribution in [3.8, 4) is 0 Å². The van der Waals surface area contributed by atoms with Crippen LogP contribution in [0.5, 0.6) is 0 Å². The number of nitrogens with two attached hydrogens (primary N) is 1. The van der Waals surface area contributed by atoms with E-state index in [1.165, 1.54) is 25.8 Å². The van der Waals surface area contributed by atoms with Crippen molar-refractivity contribution in [1.29, 1.82) is 0 Å². The summed E-state index contributed by atoms with van der Waals surface area (Å²) in [6.45, 7) is 2.90. The maximum Gasteiger partial charge on any atom is 0.223 e. The molecule has 3 unspecified atom stereocenters. The Morgan fingerprint density at radius 3 is 2.78 bits per heavy atom. The zero-order valence-electron chi connectivity index (χ0n) is 11.1. The lowest BCUT2D eigenvalue weighted by Gasteiger charge is -2.21. The maximum atomic E-state index is 12.3. The Morgan fingerprint density at radius 2 is 2.06 bits per heavy atom. The van der Waals surface area contributed by atoms with Crippen LogP contribution in [0.1, 0.15) is 38.5 Å². The summed E-state index contributed by atoms with van der Waals surface area (Å²) < 4.78 is 0. The maximum absolute atomic E-state index is 12.3. The van der Waals surface area contributed by atoms with Gasteiger partial charge in [-0.15, -0.1) is 0 Å². The molecule has 1 heterocycles. The predicted molar refractivity (Wildman–Crippen MR) is 71.0 cm³/mol. The monoisotopic (exact) mass is 251 g/mol. The fourth-order valence-electron chi connectivity index (χ4n) is 3.65. The zero-order valence-corrected chi connectivity index (χ0v) is 11.1. The Hall–Kier alpha value is -0.610. The van der Waals surface area contributed by atoms with E-state index in [0.29, 0.717) is 18.5 Å². The van der Waals surface area contributed by atoms with E-state index in [1.807, 2.05) is 0 Å². The SMILES string of the molecule is NCC1CCCC1C(=O)NC1CCN(C2CC2)C1. The Kier molecular flexibility index (Phi) is 3.57. The highest BCUT2D eigenvalue weighted by Gasteiger charge is 2.37. The summed E-state index contributed by atoms with van der Waals surface area (Å²) in [7, 11) is 0.